The Bertz CT molecular complexity index is 471. The summed E-state index contributed by atoms with van der Waals surface area (Å²) >= 11 is 5.89. The molecule has 1 amide bonds. The van der Waals surface area contributed by atoms with Crippen LogP contribution in [0.25, 0.3) is 0 Å². The molecule has 0 atom stereocenters. The van der Waals surface area contributed by atoms with Gasteiger partial charge in [-0.3, -0.25) is 4.79 Å². The SMILES string of the molecule is Nc1ccc(C(=O)NCC2(CO)CCCC2)cc1Cl. The first-order chi connectivity index (χ1) is 9.06. The van der Waals surface area contributed by atoms with Crippen molar-refractivity contribution in [2.24, 2.45) is 5.41 Å². The molecule has 0 aliphatic heterocycles. The second-order valence-corrected chi connectivity index (χ2v) is 5.69. The Kier molecular flexibility index (Phi) is 4.32. The lowest BCUT2D eigenvalue weighted by atomic mass is 9.87. The largest absolute Gasteiger partial charge is 0.398 e. The van der Waals surface area contributed by atoms with E-state index >= 15 is 0 Å². The Morgan fingerprint density at radius 2 is 2.11 bits per heavy atom. The Morgan fingerprint density at radius 3 is 2.68 bits per heavy atom. The van der Waals surface area contributed by atoms with Gasteiger partial charge in [0.2, 0.25) is 0 Å². The Labute approximate surface area is 117 Å². The second kappa shape index (κ2) is 5.80. The summed E-state index contributed by atoms with van der Waals surface area (Å²) in [5.74, 6) is -0.179. The molecular formula is C14H19ClN2O2. The number of nitrogens with one attached hydrogen (secondary N) is 1. The zero-order valence-corrected chi connectivity index (χ0v) is 11.5. The van der Waals surface area contributed by atoms with Crippen LogP contribution < -0.4 is 11.1 Å². The number of rotatable bonds is 4. The van der Waals surface area contributed by atoms with Crippen LogP contribution in [0.1, 0.15) is 36.0 Å². The lowest BCUT2D eigenvalue weighted by molar-refractivity contribution is 0.0880. The number of anilines is 1. The van der Waals surface area contributed by atoms with Gasteiger partial charge in [-0.1, -0.05) is 24.4 Å². The third-order valence-electron chi connectivity index (χ3n) is 3.89. The van der Waals surface area contributed by atoms with Crippen molar-refractivity contribution in [1.82, 2.24) is 5.32 Å². The minimum atomic E-state index is -0.179. The van der Waals surface area contributed by atoms with Crippen LogP contribution >= 0.6 is 11.6 Å². The fraction of sp³-hybridized carbons (Fsp3) is 0.500. The molecule has 5 heteroatoms. The number of aliphatic hydroxyl groups excluding tert-OH is 1. The second-order valence-electron chi connectivity index (χ2n) is 5.28. The van der Waals surface area contributed by atoms with Crippen molar-refractivity contribution >= 4 is 23.2 Å². The zero-order chi connectivity index (χ0) is 13.9. The van der Waals surface area contributed by atoms with Crippen LogP contribution in [0.4, 0.5) is 5.69 Å². The summed E-state index contributed by atoms with van der Waals surface area (Å²) < 4.78 is 0. The number of nitrogens with two attached hydrogens (primary N) is 1. The highest BCUT2D eigenvalue weighted by Crippen LogP contribution is 2.36. The highest BCUT2D eigenvalue weighted by molar-refractivity contribution is 6.33. The molecule has 0 saturated heterocycles. The van der Waals surface area contributed by atoms with Gasteiger partial charge < -0.3 is 16.2 Å². The molecule has 0 unspecified atom stereocenters. The summed E-state index contributed by atoms with van der Waals surface area (Å²) in [7, 11) is 0. The summed E-state index contributed by atoms with van der Waals surface area (Å²) in [4.78, 5) is 12.0. The van der Waals surface area contributed by atoms with Gasteiger partial charge in [-0.05, 0) is 31.0 Å². The molecule has 0 radical (unpaired) electrons. The molecule has 104 valence electrons. The average molecular weight is 283 g/mol. The standard InChI is InChI=1S/C14H19ClN2O2/c15-11-7-10(3-4-12(11)16)13(19)17-8-14(9-18)5-1-2-6-14/h3-4,7,18H,1-2,5-6,8-9,16H2,(H,17,19). The number of carbonyl (C=O) groups excluding carboxylic acids is 1. The molecule has 1 aromatic carbocycles. The molecular weight excluding hydrogens is 264 g/mol. The van der Waals surface area contributed by atoms with Gasteiger partial charge in [-0.15, -0.1) is 0 Å². The Morgan fingerprint density at radius 1 is 1.42 bits per heavy atom. The van der Waals surface area contributed by atoms with Gasteiger partial charge >= 0.3 is 0 Å². The third kappa shape index (κ3) is 3.19. The number of carbonyl (C=O) groups is 1. The minimum absolute atomic E-state index is 0.121. The molecule has 1 saturated carbocycles. The number of hydrogen-bond acceptors (Lipinski definition) is 3. The third-order valence-corrected chi connectivity index (χ3v) is 4.21. The maximum atomic E-state index is 12.0. The molecule has 0 bridgehead atoms. The molecule has 0 aromatic heterocycles. The van der Waals surface area contributed by atoms with E-state index in [-0.39, 0.29) is 17.9 Å². The quantitative estimate of drug-likeness (QED) is 0.741. The maximum absolute atomic E-state index is 12.0. The first-order valence-corrected chi connectivity index (χ1v) is 6.88. The van der Waals surface area contributed by atoms with Gasteiger partial charge in [-0.25, -0.2) is 0 Å². The fourth-order valence-electron chi connectivity index (χ4n) is 2.55. The van der Waals surface area contributed by atoms with Gasteiger partial charge in [-0.2, -0.15) is 0 Å². The molecule has 0 spiro atoms. The number of halogens is 1. The van der Waals surface area contributed by atoms with Gasteiger partial charge in [0.05, 0.1) is 17.3 Å². The topological polar surface area (TPSA) is 75.4 Å². The molecule has 4 N–H and O–H groups in total. The summed E-state index contributed by atoms with van der Waals surface area (Å²) in [6.07, 6.45) is 4.16. The highest BCUT2D eigenvalue weighted by atomic mass is 35.5. The summed E-state index contributed by atoms with van der Waals surface area (Å²) in [6.45, 7) is 0.625. The summed E-state index contributed by atoms with van der Waals surface area (Å²) in [5.41, 5.74) is 6.41. The fourth-order valence-corrected chi connectivity index (χ4v) is 2.73. The molecule has 4 nitrogen and oxygen atoms in total. The van der Waals surface area contributed by atoms with Crippen LogP contribution in [-0.2, 0) is 0 Å². The van der Waals surface area contributed by atoms with E-state index in [0.717, 1.165) is 25.7 Å². The van der Waals surface area contributed by atoms with Gasteiger partial charge in [0.15, 0.2) is 0 Å². The molecule has 19 heavy (non-hydrogen) atoms. The van der Waals surface area contributed by atoms with Crippen molar-refractivity contribution in [3.63, 3.8) is 0 Å². The maximum Gasteiger partial charge on any atom is 0.251 e. The van der Waals surface area contributed by atoms with E-state index in [1.807, 2.05) is 0 Å². The van der Waals surface area contributed by atoms with Crippen molar-refractivity contribution in [2.45, 2.75) is 25.7 Å². The van der Waals surface area contributed by atoms with Crippen LogP contribution in [0.15, 0.2) is 18.2 Å². The van der Waals surface area contributed by atoms with Crippen LogP contribution in [0.3, 0.4) is 0 Å². The first-order valence-electron chi connectivity index (χ1n) is 6.50. The van der Waals surface area contributed by atoms with Crippen molar-refractivity contribution in [1.29, 1.82) is 0 Å². The number of benzene rings is 1. The average Bonchev–Trinajstić information content (AvgIpc) is 2.89. The van der Waals surface area contributed by atoms with E-state index in [1.54, 1.807) is 18.2 Å². The monoisotopic (exact) mass is 282 g/mol. The molecule has 1 aliphatic carbocycles. The van der Waals surface area contributed by atoms with E-state index in [0.29, 0.717) is 22.8 Å². The van der Waals surface area contributed by atoms with Gasteiger partial charge in [0.1, 0.15) is 0 Å². The number of amides is 1. The van der Waals surface area contributed by atoms with Crippen LogP contribution in [0.5, 0.6) is 0 Å². The molecule has 1 aromatic rings. The predicted octanol–water partition coefficient (Wildman–Crippen LogP) is 2.20. The lowest BCUT2D eigenvalue weighted by Gasteiger charge is -2.26. The zero-order valence-electron chi connectivity index (χ0n) is 10.8. The van der Waals surface area contributed by atoms with E-state index in [2.05, 4.69) is 5.32 Å². The number of aliphatic hydroxyl groups is 1. The van der Waals surface area contributed by atoms with Crippen molar-refractivity contribution in [3.05, 3.63) is 28.8 Å². The molecule has 2 rings (SSSR count). The molecule has 0 heterocycles. The minimum Gasteiger partial charge on any atom is -0.398 e. The number of nitrogen functional groups attached to an aromatic ring is 1. The summed E-state index contributed by atoms with van der Waals surface area (Å²) in [5, 5.41) is 12.8. The van der Waals surface area contributed by atoms with Gasteiger partial charge in [0, 0.05) is 17.5 Å². The normalized spacial score (nSPS) is 17.4. The highest BCUT2D eigenvalue weighted by Gasteiger charge is 2.33. The Balaban J connectivity index is 1.99. The smallest absolute Gasteiger partial charge is 0.251 e. The predicted molar refractivity (Wildman–Crippen MR) is 76.2 cm³/mol. The van der Waals surface area contributed by atoms with Crippen LogP contribution in [0, 0.1) is 5.41 Å². The van der Waals surface area contributed by atoms with E-state index < -0.39 is 0 Å². The van der Waals surface area contributed by atoms with Crippen molar-refractivity contribution in [2.75, 3.05) is 18.9 Å². The number of hydrogen-bond donors (Lipinski definition) is 3. The Hall–Kier alpha value is -1.26. The summed E-state index contributed by atoms with van der Waals surface area (Å²) in [6, 6.07) is 4.83. The van der Waals surface area contributed by atoms with Crippen molar-refractivity contribution < 1.29 is 9.90 Å². The first kappa shape index (κ1) is 14.2. The van der Waals surface area contributed by atoms with E-state index in [9.17, 15) is 9.90 Å². The van der Waals surface area contributed by atoms with E-state index in [4.69, 9.17) is 17.3 Å². The van der Waals surface area contributed by atoms with Gasteiger partial charge in [0.25, 0.3) is 5.91 Å². The van der Waals surface area contributed by atoms with E-state index in [1.165, 1.54) is 0 Å². The van der Waals surface area contributed by atoms with Crippen LogP contribution in [0.2, 0.25) is 5.02 Å². The van der Waals surface area contributed by atoms with Crippen molar-refractivity contribution in [3.8, 4) is 0 Å². The lowest BCUT2D eigenvalue weighted by Crippen LogP contribution is -2.38. The molecule has 1 aliphatic rings. The van der Waals surface area contributed by atoms with Crippen LogP contribution in [-0.4, -0.2) is 24.2 Å². The molecule has 1 fully saturated rings.